The number of esters is 1. The number of aryl methyl sites for hydroxylation is 1. The second-order valence-electron chi connectivity index (χ2n) is 5.27. The Kier molecular flexibility index (Phi) is 4.91. The van der Waals surface area contributed by atoms with Gasteiger partial charge in [-0.1, -0.05) is 30.3 Å². The van der Waals surface area contributed by atoms with Crippen LogP contribution in [-0.2, 0) is 14.3 Å². The molecule has 0 spiro atoms. The molecule has 1 aromatic carbocycles. The smallest absolute Gasteiger partial charge is 0.397 e. The third-order valence-corrected chi connectivity index (χ3v) is 4.55. The minimum absolute atomic E-state index is 0.0876. The molecular formula is C18H14N4O3S. The SMILES string of the molecule is CCOC(=O)C(=O)Nc1c(C#N)sc2nc(-c3ccccc3)nc(C)c12. The number of aromatic nitrogens is 2. The van der Waals surface area contributed by atoms with Crippen molar-refractivity contribution >= 4 is 39.1 Å². The standard InChI is InChI=1S/C18H14N4O3S/c1-3-25-18(24)16(23)21-14-12(9-19)26-17-13(14)10(2)20-15(22-17)11-7-5-4-6-8-11/h4-8H,3H2,1-2H3,(H,21,23). The summed E-state index contributed by atoms with van der Waals surface area (Å²) in [6.07, 6.45) is 0. The van der Waals surface area contributed by atoms with Crippen LogP contribution in [0.4, 0.5) is 5.69 Å². The van der Waals surface area contributed by atoms with Crippen molar-refractivity contribution in [2.75, 3.05) is 11.9 Å². The molecule has 26 heavy (non-hydrogen) atoms. The summed E-state index contributed by atoms with van der Waals surface area (Å²) in [7, 11) is 0. The Hall–Kier alpha value is -3.31. The molecule has 0 aliphatic rings. The Morgan fingerprint density at radius 3 is 2.65 bits per heavy atom. The van der Waals surface area contributed by atoms with Crippen LogP contribution in [-0.4, -0.2) is 28.5 Å². The van der Waals surface area contributed by atoms with Gasteiger partial charge in [0, 0.05) is 5.56 Å². The zero-order valence-corrected chi connectivity index (χ0v) is 14.9. The Balaban J connectivity index is 2.09. The number of nitriles is 1. The summed E-state index contributed by atoms with van der Waals surface area (Å²) in [6.45, 7) is 3.46. The number of anilines is 1. The Bertz CT molecular complexity index is 1040. The van der Waals surface area contributed by atoms with E-state index in [0.717, 1.165) is 16.9 Å². The third-order valence-electron chi connectivity index (χ3n) is 3.57. The number of fused-ring (bicyclic) bond motifs is 1. The van der Waals surface area contributed by atoms with Gasteiger partial charge in [-0.05, 0) is 13.8 Å². The second kappa shape index (κ2) is 7.29. The topological polar surface area (TPSA) is 105 Å². The molecule has 0 saturated carbocycles. The minimum atomic E-state index is -1.00. The van der Waals surface area contributed by atoms with E-state index in [1.54, 1.807) is 13.8 Å². The van der Waals surface area contributed by atoms with Crippen molar-refractivity contribution in [3.8, 4) is 17.5 Å². The molecule has 2 aromatic heterocycles. The highest BCUT2D eigenvalue weighted by Crippen LogP contribution is 2.37. The number of carbonyl (C=O) groups is 2. The minimum Gasteiger partial charge on any atom is -0.459 e. The molecule has 3 rings (SSSR count). The average molecular weight is 366 g/mol. The van der Waals surface area contributed by atoms with Crippen LogP contribution in [0.3, 0.4) is 0 Å². The number of carbonyl (C=O) groups excluding carboxylic acids is 2. The van der Waals surface area contributed by atoms with Crippen LogP contribution in [0.2, 0.25) is 0 Å². The second-order valence-corrected chi connectivity index (χ2v) is 6.27. The number of hydrogen-bond acceptors (Lipinski definition) is 7. The van der Waals surface area contributed by atoms with E-state index in [1.165, 1.54) is 0 Å². The quantitative estimate of drug-likeness (QED) is 0.564. The lowest BCUT2D eigenvalue weighted by atomic mass is 10.2. The van der Waals surface area contributed by atoms with E-state index < -0.39 is 11.9 Å². The Labute approximate surface area is 153 Å². The summed E-state index contributed by atoms with van der Waals surface area (Å²) in [5, 5.41) is 12.4. The van der Waals surface area contributed by atoms with Crippen LogP contribution in [0.15, 0.2) is 30.3 Å². The molecule has 0 saturated heterocycles. The predicted molar refractivity (Wildman–Crippen MR) is 97.6 cm³/mol. The van der Waals surface area contributed by atoms with Gasteiger partial charge in [-0.15, -0.1) is 11.3 Å². The van der Waals surface area contributed by atoms with Crippen molar-refractivity contribution in [3.63, 3.8) is 0 Å². The van der Waals surface area contributed by atoms with Gasteiger partial charge in [-0.25, -0.2) is 14.8 Å². The molecule has 2 heterocycles. The number of nitrogens with zero attached hydrogens (tertiary/aromatic N) is 3. The summed E-state index contributed by atoms with van der Waals surface area (Å²) in [6, 6.07) is 11.5. The van der Waals surface area contributed by atoms with Crippen LogP contribution in [0.1, 0.15) is 17.5 Å². The molecule has 0 bridgehead atoms. The van der Waals surface area contributed by atoms with Crippen LogP contribution >= 0.6 is 11.3 Å². The maximum Gasteiger partial charge on any atom is 0.397 e. The highest BCUT2D eigenvalue weighted by atomic mass is 32.1. The fourth-order valence-electron chi connectivity index (χ4n) is 2.45. The van der Waals surface area contributed by atoms with E-state index in [0.29, 0.717) is 21.7 Å². The number of thiophene rings is 1. The van der Waals surface area contributed by atoms with E-state index in [2.05, 4.69) is 20.0 Å². The summed E-state index contributed by atoms with van der Waals surface area (Å²) >= 11 is 1.13. The molecule has 3 aromatic rings. The number of nitrogens with one attached hydrogen (secondary N) is 1. The van der Waals surface area contributed by atoms with Crippen molar-refractivity contribution in [1.29, 1.82) is 5.26 Å². The lowest BCUT2D eigenvalue weighted by Gasteiger charge is -2.06. The number of benzene rings is 1. The van der Waals surface area contributed by atoms with Gasteiger partial charge in [0.05, 0.1) is 23.4 Å². The van der Waals surface area contributed by atoms with Gasteiger partial charge in [0.15, 0.2) is 5.82 Å². The van der Waals surface area contributed by atoms with Crippen LogP contribution in [0.5, 0.6) is 0 Å². The number of rotatable bonds is 3. The maximum atomic E-state index is 12.0. The van der Waals surface area contributed by atoms with Crippen LogP contribution in [0.25, 0.3) is 21.6 Å². The highest BCUT2D eigenvalue weighted by molar-refractivity contribution is 7.20. The summed E-state index contributed by atoms with van der Waals surface area (Å²) < 4.78 is 4.68. The summed E-state index contributed by atoms with van der Waals surface area (Å²) in [5.41, 5.74) is 1.69. The molecular weight excluding hydrogens is 352 g/mol. The van der Waals surface area contributed by atoms with Gasteiger partial charge >= 0.3 is 11.9 Å². The van der Waals surface area contributed by atoms with Crippen molar-refractivity contribution in [3.05, 3.63) is 40.9 Å². The van der Waals surface area contributed by atoms with Gasteiger partial charge in [-0.3, -0.25) is 4.79 Å². The van der Waals surface area contributed by atoms with Gasteiger partial charge in [0.1, 0.15) is 15.8 Å². The molecule has 7 nitrogen and oxygen atoms in total. The fraction of sp³-hybridized carbons (Fsp3) is 0.167. The summed E-state index contributed by atoms with van der Waals surface area (Å²) in [4.78, 5) is 33.4. The molecule has 0 aliphatic carbocycles. The van der Waals surface area contributed by atoms with Gasteiger partial charge in [-0.2, -0.15) is 5.26 Å². The summed E-state index contributed by atoms with van der Waals surface area (Å²) in [5.74, 6) is -1.41. The first-order valence-electron chi connectivity index (χ1n) is 7.80. The molecule has 1 amide bonds. The molecule has 1 N–H and O–H groups in total. The average Bonchev–Trinajstić information content (AvgIpc) is 3.00. The van der Waals surface area contributed by atoms with Crippen LogP contribution < -0.4 is 5.32 Å². The zero-order chi connectivity index (χ0) is 18.7. The van der Waals surface area contributed by atoms with Crippen molar-refractivity contribution in [2.45, 2.75) is 13.8 Å². The first-order chi connectivity index (χ1) is 12.5. The zero-order valence-electron chi connectivity index (χ0n) is 14.1. The van der Waals surface area contributed by atoms with Gasteiger partial charge in [0.2, 0.25) is 0 Å². The highest BCUT2D eigenvalue weighted by Gasteiger charge is 2.23. The first kappa shape index (κ1) is 17.5. The predicted octanol–water partition coefficient (Wildman–Crippen LogP) is 3.04. The van der Waals surface area contributed by atoms with E-state index in [9.17, 15) is 14.9 Å². The lowest BCUT2D eigenvalue weighted by molar-refractivity contribution is -0.152. The van der Waals surface area contributed by atoms with Crippen molar-refractivity contribution < 1.29 is 14.3 Å². The van der Waals surface area contributed by atoms with Crippen LogP contribution in [0, 0.1) is 18.3 Å². The number of hydrogen-bond donors (Lipinski definition) is 1. The normalized spacial score (nSPS) is 10.3. The van der Waals surface area contributed by atoms with Gasteiger partial charge in [0.25, 0.3) is 0 Å². The van der Waals surface area contributed by atoms with E-state index in [1.807, 2.05) is 36.4 Å². The lowest BCUT2D eigenvalue weighted by Crippen LogP contribution is -2.25. The Morgan fingerprint density at radius 2 is 2.00 bits per heavy atom. The third kappa shape index (κ3) is 3.25. The van der Waals surface area contributed by atoms with E-state index in [-0.39, 0.29) is 17.2 Å². The molecule has 0 aliphatic heterocycles. The molecule has 130 valence electrons. The van der Waals surface area contributed by atoms with Gasteiger partial charge < -0.3 is 10.1 Å². The van der Waals surface area contributed by atoms with Crippen molar-refractivity contribution in [2.24, 2.45) is 0 Å². The molecule has 8 heteroatoms. The Morgan fingerprint density at radius 1 is 1.27 bits per heavy atom. The van der Waals surface area contributed by atoms with Crippen molar-refractivity contribution in [1.82, 2.24) is 9.97 Å². The molecule has 0 atom stereocenters. The monoisotopic (exact) mass is 366 g/mol. The molecule has 0 radical (unpaired) electrons. The number of ether oxygens (including phenoxy) is 1. The maximum absolute atomic E-state index is 12.0. The number of amides is 1. The molecule has 0 unspecified atom stereocenters. The largest absolute Gasteiger partial charge is 0.459 e. The van der Waals surface area contributed by atoms with E-state index in [4.69, 9.17) is 0 Å². The van der Waals surface area contributed by atoms with E-state index >= 15 is 0 Å². The fourth-order valence-corrected chi connectivity index (χ4v) is 3.42. The molecule has 0 fully saturated rings. The first-order valence-corrected chi connectivity index (χ1v) is 8.61.